The maximum Gasteiger partial charge on any atom is 0.408 e. The Morgan fingerprint density at radius 2 is 1.39 bits per heavy atom. The van der Waals surface area contributed by atoms with Crippen LogP contribution in [0.5, 0.6) is 0 Å². The topological polar surface area (TPSA) is 92.3 Å². The minimum Gasteiger partial charge on any atom is -0.458 e. The van der Waals surface area contributed by atoms with Crippen molar-refractivity contribution in [1.82, 2.24) is 5.32 Å². The molecule has 1 N–H and O–H groups in total. The van der Waals surface area contributed by atoms with E-state index in [2.05, 4.69) is 5.32 Å². The fourth-order valence-corrected chi connectivity index (χ4v) is 3.82. The second-order valence-electron chi connectivity index (χ2n) is 9.90. The Balaban J connectivity index is 1.78. The summed E-state index contributed by atoms with van der Waals surface area (Å²) in [5.74, 6) is -0.627. The van der Waals surface area contributed by atoms with Crippen LogP contribution in [0.4, 0.5) is 4.79 Å². The molecule has 1 aliphatic heterocycles. The highest BCUT2D eigenvalue weighted by Crippen LogP contribution is 2.23. The molecule has 0 aromatic heterocycles. The molecule has 0 radical (unpaired) electrons. The van der Waals surface area contributed by atoms with Gasteiger partial charge in [0.1, 0.15) is 23.9 Å². The van der Waals surface area contributed by atoms with Gasteiger partial charge in [0.05, 0.1) is 25.9 Å². The molecule has 1 amide bonds. The average molecular weight is 500 g/mol. The maximum atomic E-state index is 13.0. The molecule has 36 heavy (non-hydrogen) atoms. The van der Waals surface area contributed by atoms with Crippen molar-refractivity contribution >= 4 is 12.1 Å². The number of carbonyl (C=O) groups is 2. The smallest absolute Gasteiger partial charge is 0.408 e. The molecule has 2 aromatic carbocycles. The molecular weight excluding hydrogens is 462 g/mol. The van der Waals surface area contributed by atoms with E-state index >= 15 is 0 Å². The second kappa shape index (κ2) is 12.9. The largest absolute Gasteiger partial charge is 0.458 e. The SMILES string of the molecule is CC1OCC(NC(=O)OC(C)(C)C)C(=O)OC(C)C(OCc2ccccc2)C1OCc1ccccc1. The number of hydrogen-bond donors (Lipinski definition) is 1. The summed E-state index contributed by atoms with van der Waals surface area (Å²) in [5, 5.41) is 2.56. The molecule has 5 unspecified atom stereocenters. The first-order chi connectivity index (χ1) is 17.1. The maximum absolute atomic E-state index is 13.0. The van der Waals surface area contributed by atoms with E-state index in [4.69, 9.17) is 23.7 Å². The van der Waals surface area contributed by atoms with E-state index in [1.165, 1.54) is 0 Å². The fraction of sp³-hybridized carbons (Fsp3) is 0.500. The Bertz CT molecular complexity index is 961. The standard InChI is InChI=1S/C28H37NO7/c1-19-24(33-16-21-12-8-6-9-13-21)25(34-17-22-14-10-7-11-15-22)20(2)35-26(30)23(18-32-19)29-27(31)36-28(3,4)5/h6-15,19-20,23-25H,16-18H2,1-5H3,(H,29,31). The zero-order chi connectivity index (χ0) is 26.1. The molecule has 0 spiro atoms. The van der Waals surface area contributed by atoms with Gasteiger partial charge in [-0.3, -0.25) is 0 Å². The number of ether oxygens (including phenoxy) is 5. The van der Waals surface area contributed by atoms with Gasteiger partial charge in [-0.15, -0.1) is 0 Å². The van der Waals surface area contributed by atoms with Gasteiger partial charge in [0.15, 0.2) is 6.04 Å². The van der Waals surface area contributed by atoms with Gasteiger partial charge in [0.25, 0.3) is 0 Å². The third-order valence-electron chi connectivity index (χ3n) is 5.62. The average Bonchev–Trinajstić information content (AvgIpc) is 2.86. The lowest BCUT2D eigenvalue weighted by molar-refractivity contribution is -0.178. The monoisotopic (exact) mass is 499 g/mol. The van der Waals surface area contributed by atoms with Crippen LogP contribution in [0.2, 0.25) is 0 Å². The molecule has 5 atom stereocenters. The first-order valence-electron chi connectivity index (χ1n) is 12.2. The number of benzene rings is 2. The van der Waals surface area contributed by atoms with Gasteiger partial charge in [-0.25, -0.2) is 9.59 Å². The van der Waals surface area contributed by atoms with Crippen molar-refractivity contribution in [2.24, 2.45) is 0 Å². The number of amides is 1. The van der Waals surface area contributed by atoms with Gasteiger partial charge >= 0.3 is 12.1 Å². The molecule has 3 rings (SSSR count). The molecule has 196 valence electrons. The van der Waals surface area contributed by atoms with Gasteiger partial charge in [-0.1, -0.05) is 60.7 Å². The third-order valence-corrected chi connectivity index (χ3v) is 5.62. The summed E-state index contributed by atoms with van der Waals surface area (Å²) < 4.78 is 29.7. The van der Waals surface area contributed by atoms with E-state index < -0.39 is 48.1 Å². The van der Waals surface area contributed by atoms with Crippen molar-refractivity contribution in [3.05, 3.63) is 71.8 Å². The van der Waals surface area contributed by atoms with Crippen molar-refractivity contribution < 1.29 is 33.3 Å². The van der Waals surface area contributed by atoms with E-state index in [9.17, 15) is 9.59 Å². The van der Waals surface area contributed by atoms with Crippen LogP contribution in [-0.4, -0.2) is 54.7 Å². The lowest BCUT2D eigenvalue weighted by atomic mass is 10.0. The van der Waals surface area contributed by atoms with Gasteiger partial charge in [0, 0.05) is 0 Å². The van der Waals surface area contributed by atoms with Crippen LogP contribution >= 0.6 is 0 Å². The van der Waals surface area contributed by atoms with E-state index in [1.807, 2.05) is 67.6 Å². The van der Waals surface area contributed by atoms with Gasteiger partial charge < -0.3 is 29.0 Å². The van der Waals surface area contributed by atoms with Crippen LogP contribution in [0.1, 0.15) is 45.7 Å². The second-order valence-corrected chi connectivity index (χ2v) is 9.90. The van der Waals surface area contributed by atoms with Crippen LogP contribution in [0, 0.1) is 0 Å². The highest BCUT2D eigenvalue weighted by atomic mass is 16.6. The zero-order valence-corrected chi connectivity index (χ0v) is 21.6. The van der Waals surface area contributed by atoms with E-state index in [-0.39, 0.29) is 6.61 Å². The number of nitrogens with one attached hydrogen (secondary N) is 1. The predicted octanol–water partition coefficient (Wildman–Crippen LogP) is 4.40. The Kier molecular flexibility index (Phi) is 9.87. The molecule has 2 aromatic rings. The van der Waals surface area contributed by atoms with Crippen molar-refractivity contribution in [2.75, 3.05) is 6.61 Å². The summed E-state index contributed by atoms with van der Waals surface area (Å²) in [4.78, 5) is 25.3. The molecule has 0 bridgehead atoms. The summed E-state index contributed by atoms with van der Waals surface area (Å²) in [6.45, 7) is 9.42. The van der Waals surface area contributed by atoms with E-state index in [0.717, 1.165) is 11.1 Å². The lowest BCUT2D eigenvalue weighted by Crippen LogP contribution is -2.48. The van der Waals surface area contributed by atoms with E-state index in [1.54, 1.807) is 27.7 Å². The summed E-state index contributed by atoms with van der Waals surface area (Å²) in [7, 11) is 0. The molecule has 1 fully saturated rings. The van der Waals surface area contributed by atoms with E-state index in [0.29, 0.717) is 13.2 Å². The van der Waals surface area contributed by atoms with Gasteiger partial charge in [-0.2, -0.15) is 0 Å². The summed E-state index contributed by atoms with van der Waals surface area (Å²) in [5.41, 5.74) is 1.27. The quantitative estimate of drug-likeness (QED) is 0.565. The first kappa shape index (κ1) is 27.6. The molecule has 1 aliphatic rings. The Hall–Kier alpha value is -2.94. The molecular formula is C28H37NO7. The van der Waals surface area contributed by atoms with Crippen molar-refractivity contribution in [3.63, 3.8) is 0 Å². The number of esters is 1. The normalized spacial score (nSPS) is 25.1. The Morgan fingerprint density at radius 3 is 1.89 bits per heavy atom. The van der Waals surface area contributed by atoms with Crippen LogP contribution in [-0.2, 0) is 41.7 Å². The summed E-state index contributed by atoms with van der Waals surface area (Å²) in [6.07, 6.45) is -3.02. The Labute approximate surface area is 213 Å². The van der Waals surface area contributed by atoms with Crippen molar-refractivity contribution in [1.29, 1.82) is 0 Å². The predicted molar refractivity (Wildman–Crippen MR) is 134 cm³/mol. The van der Waals surface area contributed by atoms with Gasteiger partial charge in [-0.05, 0) is 45.7 Å². The highest BCUT2D eigenvalue weighted by molar-refractivity contribution is 5.81. The lowest BCUT2D eigenvalue weighted by Gasteiger charge is -2.33. The van der Waals surface area contributed by atoms with Crippen LogP contribution in [0.3, 0.4) is 0 Å². The molecule has 1 heterocycles. The molecule has 1 saturated heterocycles. The molecule has 0 aliphatic carbocycles. The third kappa shape index (κ3) is 8.62. The van der Waals surface area contributed by atoms with Crippen molar-refractivity contribution in [3.8, 4) is 0 Å². The zero-order valence-electron chi connectivity index (χ0n) is 21.6. The minimum absolute atomic E-state index is 0.0947. The number of rotatable bonds is 7. The number of hydrogen-bond acceptors (Lipinski definition) is 7. The Morgan fingerprint density at radius 1 is 0.889 bits per heavy atom. The molecule has 0 saturated carbocycles. The van der Waals surface area contributed by atoms with Gasteiger partial charge in [0.2, 0.25) is 0 Å². The van der Waals surface area contributed by atoms with Crippen molar-refractivity contribution in [2.45, 2.75) is 83.9 Å². The molecule has 8 heteroatoms. The minimum atomic E-state index is -1.03. The summed E-state index contributed by atoms with van der Waals surface area (Å²) in [6, 6.07) is 18.5. The summed E-state index contributed by atoms with van der Waals surface area (Å²) >= 11 is 0. The van der Waals surface area contributed by atoms with Crippen LogP contribution < -0.4 is 5.32 Å². The fourth-order valence-electron chi connectivity index (χ4n) is 3.82. The number of cyclic esters (lactones) is 1. The number of carbonyl (C=O) groups excluding carboxylic acids is 2. The number of alkyl carbamates (subject to hydrolysis) is 1. The molecule has 8 nitrogen and oxygen atoms in total. The first-order valence-corrected chi connectivity index (χ1v) is 12.2. The van der Waals surface area contributed by atoms with Crippen LogP contribution in [0.15, 0.2) is 60.7 Å². The van der Waals surface area contributed by atoms with Crippen LogP contribution in [0.25, 0.3) is 0 Å². The highest BCUT2D eigenvalue weighted by Gasteiger charge is 2.39.